The quantitative estimate of drug-likeness (QED) is 0.507. The van der Waals surface area contributed by atoms with Gasteiger partial charge in [-0.15, -0.1) is 0 Å². The van der Waals surface area contributed by atoms with Gasteiger partial charge in [0.1, 0.15) is 17.8 Å². The molecule has 3 heterocycles. The SMILES string of the molecule is CNC(=O)c1ccc(Nc2cc(C(=O)N3CC[C@H](N4CCc5ccccc5C4)[C@@H](O)C3)ncn2)cc1. The van der Waals surface area contributed by atoms with Crippen LogP contribution < -0.4 is 10.6 Å². The second-order valence-electron chi connectivity index (χ2n) is 9.23. The van der Waals surface area contributed by atoms with E-state index in [9.17, 15) is 14.7 Å². The zero-order valence-corrected chi connectivity index (χ0v) is 20.2. The van der Waals surface area contributed by atoms with E-state index in [1.165, 1.54) is 17.5 Å². The van der Waals surface area contributed by atoms with Crippen LogP contribution in [-0.2, 0) is 13.0 Å². The number of amides is 2. The van der Waals surface area contributed by atoms with Crippen molar-refractivity contribution < 1.29 is 14.7 Å². The molecule has 1 aromatic heterocycles. The molecule has 9 heteroatoms. The van der Waals surface area contributed by atoms with E-state index >= 15 is 0 Å². The van der Waals surface area contributed by atoms with Gasteiger partial charge in [0.05, 0.1) is 6.10 Å². The zero-order valence-electron chi connectivity index (χ0n) is 20.2. The Morgan fingerprint density at radius 2 is 1.81 bits per heavy atom. The molecule has 2 atom stereocenters. The highest BCUT2D eigenvalue weighted by molar-refractivity contribution is 5.94. The molecule has 0 saturated carbocycles. The molecular weight excluding hydrogens is 456 g/mol. The van der Waals surface area contributed by atoms with Crippen LogP contribution in [0.4, 0.5) is 11.5 Å². The Morgan fingerprint density at radius 1 is 1.03 bits per heavy atom. The molecule has 36 heavy (non-hydrogen) atoms. The van der Waals surface area contributed by atoms with Crippen LogP contribution in [-0.4, -0.2) is 75.5 Å². The number of piperidine rings is 1. The smallest absolute Gasteiger partial charge is 0.272 e. The van der Waals surface area contributed by atoms with Gasteiger partial charge in [-0.2, -0.15) is 0 Å². The second kappa shape index (κ2) is 10.4. The van der Waals surface area contributed by atoms with Crippen molar-refractivity contribution in [2.45, 2.75) is 31.5 Å². The molecule has 5 rings (SSSR count). The Balaban J connectivity index is 1.21. The van der Waals surface area contributed by atoms with Gasteiger partial charge in [0.2, 0.25) is 0 Å². The number of hydrogen-bond donors (Lipinski definition) is 3. The fourth-order valence-corrected chi connectivity index (χ4v) is 5.03. The molecule has 1 saturated heterocycles. The number of carbonyl (C=O) groups is 2. The topological polar surface area (TPSA) is 111 Å². The summed E-state index contributed by atoms with van der Waals surface area (Å²) in [6.45, 7) is 2.58. The first-order chi connectivity index (χ1) is 17.5. The lowest BCUT2D eigenvalue weighted by atomic mass is 9.94. The molecule has 3 N–H and O–H groups in total. The van der Waals surface area contributed by atoms with Crippen molar-refractivity contribution in [3.8, 4) is 0 Å². The molecule has 1 fully saturated rings. The van der Waals surface area contributed by atoms with Crippen LogP contribution in [0.3, 0.4) is 0 Å². The number of aromatic nitrogens is 2. The molecular formula is C27H30N6O3. The summed E-state index contributed by atoms with van der Waals surface area (Å²) in [6.07, 6.45) is 2.42. The molecule has 2 amide bonds. The van der Waals surface area contributed by atoms with Crippen LogP contribution in [0.2, 0.25) is 0 Å². The van der Waals surface area contributed by atoms with Crippen LogP contribution in [0.25, 0.3) is 0 Å². The first-order valence-electron chi connectivity index (χ1n) is 12.2. The summed E-state index contributed by atoms with van der Waals surface area (Å²) in [7, 11) is 1.59. The number of anilines is 2. The van der Waals surface area contributed by atoms with Crippen molar-refractivity contribution in [3.63, 3.8) is 0 Å². The van der Waals surface area contributed by atoms with E-state index in [1.54, 1.807) is 42.3 Å². The van der Waals surface area contributed by atoms with Gasteiger partial charge in [-0.1, -0.05) is 24.3 Å². The number of rotatable bonds is 5. The van der Waals surface area contributed by atoms with E-state index in [4.69, 9.17) is 0 Å². The summed E-state index contributed by atoms with van der Waals surface area (Å²) in [4.78, 5) is 37.3. The lowest BCUT2D eigenvalue weighted by molar-refractivity contribution is -0.0139. The lowest BCUT2D eigenvalue weighted by Crippen LogP contribution is -2.56. The normalized spacial score (nSPS) is 19.9. The van der Waals surface area contributed by atoms with Gasteiger partial charge in [-0.3, -0.25) is 14.5 Å². The maximum absolute atomic E-state index is 13.2. The number of fused-ring (bicyclic) bond motifs is 1. The van der Waals surface area contributed by atoms with Crippen LogP contribution >= 0.6 is 0 Å². The first kappa shape index (κ1) is 23.9. The van der Waals surface area contributed by atoms with Gasteiger partial charge >= 0.3 is 0 Å². The van der Waals surface area contributed by atoms with E-state index < -0.39 is 6.10 Å². The number of likely N-dealkylation sites (tertiary alicyclic amines) is 1. The largest absolute Gasteiger partial charge is 0.390 e. The third-order valence-corrected chi connectivity index (χ3v) is 7.00. The number of nitrogens with one attached hydrogen (secondary N) is 2. The van der Waals surface area contributed by atoms with Crippen LogP contribution in [0, 0.1) is 0 Å². The van der Waals surface area contributed by atoms with Crippen molar-refractivity contribution in [1.29, 1.82) is 0 Å². The molecule has 0 aliphatic carbocycles. The Bertz CT molecular complexity index is 1250. The monoisotopic (exact) mass is 486 g/mol. The van der Waals surface area contributed by atoms with Gasteiger partial charge in [0, 0.05) is 56.6 Å². The minimum atomic E-state index is -0.619. The van der Waals surface area contributed by atoms with Crippen molar-refractivity contribution in [1.82, 2.24) is 25.1 Å². The molecule has 3 aromatic rings. The minimum absolute atomic E-state index is 0.0304. The Morgan fingerprint density at radius 3 is 2.56 bits per heavy atom. The summed E-state index contributed by atoms with van der Waals surface area (Å²) < 4.78 is 0. The number of aliphatic hydroxyl groups is 1. The van der Waals surface area contributed by atoms with Gasteiger partial charge in [-0.05, 0) is 48.2 Å². The maximum atomic E-state index is 13.2. The summed E-state index contributed by atoms with van der Waals surface area (Å²) in [5.74, 6) is 0.0906. The maximum Gasteiger partial charge on any atom is 0.272 e. The zero-order chi connectivity index (χ0) is 25.1. The van der Waals surface area contributed by atoms with Crippen molar-refractivity contribution >= 4 is 23.3 Å². The molecule has 9 nitrogen and oxygen atoms in total. The Labute approximate surface area is 210 Å². The van der Waals surface area contributed by atoms with E-state index in [1.807, 2.05) is 0 Å². The van der Waals surface area contributed by atoms with Gasteiger partial charge in [0.25, 0.3) is 11.8 Å². The number of hydrogen-bond acceptors (Lipinski definition) is 7. The summed E-state index contributed by atoms with van der Waals surface area (Å²) in [5.41, 5.74) is 4.26. The highest BCUT2D eigenvalue weighted by atomic mass is 16.3. The highest BCUT2D eigenvalue weighted by Crippen LogP contribution is 2.26. The van der Waals surface area contributed by atoms with Crippen molar-refractivity contribution in [2.24, 2.45) is 0 Å². The molecule has 2 aliphatic heterocycles. The molecule has 0 spiro atoms. The molecule has 186 valence electrons. The van der Waals surface area contributed by atoms with E-state index in [0.29, 0.717) is 24.3 Å². The third kappa shape index (κ3) is 5.07. The average Bonchev–Trinajstić information content (AvgIpc) is 2.92. The van der Waals surface area contributed by atoms with E-state index in [-0.39, 0.29) is 30.1 Å². The summed E-state index contributed by atoms with van der Waals surface area (Å²) >= 11 is 0. The number of benzene rings is 2. The van der Waals surface area contributed by atoms with Crippen LogP contribution in [0.1, 0.15) is 38.4 Å². The number of aliphatic hydroxyl groups excluding tert-OH is 1. The number of carbonyl (C=O) groups excluding carboxylic acids is 2. The predicted octanol–water partition coefficient (Wildman–Crippen LogP) is 2.21. The number of nitrogens with zero attached hydrogens (tertiary/aromatic N) is 4. The van der Waals surface area contributed by atoms with E-state index in [0.717, 1.165) is 25.2 Å². The first-order valence-corrected chi connectivity index (χ1v) is 12.2. The second-order valence-corrected chi connectivity index (χ2v) is 9.23. The third-order valence-electron chi connectivity index (χ3n) is 7.00. The van der Waals surface area contributed by atoms with Crippen molar-refractivity contribution in [3.05, 3.63) is 83.3 Å². The average molecular weight is 487 g/mol. The summed E-state index contributed by atoms with van der Waals surface area (Å²) in [5, 5.41) is 16.7. The standard InChI is InChI=1S/C27H30N6O3/c1-28-26(35)19-6-8-21(9-7-19)31-25-14-22(29-17-30-25)27(36)33-13-11-23(24(34)16-33)32-12-10-18-4-2-3-5-20(18)15-32/h2-9,14,17,23-24,34H,10-13,15-16H2,1H3,(H,28,35)(H,29,30,31)/t23-,24-/m0/s1. The molecule has 2 aliphatic rings. The fraction of sp³-hybridized carbons (Fsp3) is 0.333. The summed E-state index contributed by atoms with van der Waals surface area (Å²) in [6, 6.07) is 17.1. The molecule has 0 unspecified atom stereocenters. The number of β-amino-alcohol motifs (C(OH)–C–C–N with tert-alkyl or cyclic N) is 1. The Kier molecular flexibility index (Phi) is 6.92. The molecule has 0 bridgehead atoms. The predicted molar refractivity (Wildman–Crippen MR) is 136 cm³/mol. The van der Waals surface area contributed by atoms with Gasteiger partial charge in [0.15, 0.2) is 0 Å². The minimum Gasteiger partial charge on any atom is -0.390 e. The lowest BCUT2D eigenvalue weighted by Gasteiger charge is -2.43. The van der Waals surface area contributed by atoms with Gasteiger partial charge in [-0.25, -0.2) is 9.97 Å². The Hall–Kier alpha value is -3.82. The molecule has 0 radical (unpaired) electrons. The molecule has 2 aromatic carbocycles. The highest BCUT2D eigenvalue weighted by Gasteiger charge is 2.35. The van der Waals surface area contributed by atoms with Crippen molar-refractivity contribution in [2.75, 3.05) is 32.0 Å². The van der Waals surface area contributed by atoms with Crippen LogP contribution in [0.5, 0.6) is 0 Å². The van der Waals surface area contributed by atoms with Crippen LogP contribution in [0.15, 0.2) is 60.9 Å². The fourth-order valence-electron chi connectivity index (χ4n) is 5.03. The van der Waals surface area contributed by atoms with E-state index in [2.05, 4.69) is 49.8 Å². The van der Waals surface area contributed by atoms with Gasteiger partial charge < -0.3 is 20.6 Å².